The van der Waals surface area contributed by atoms with E-state index in [0.29, 0.717) is 23.4 Å². The Morgan fingerprint density at radius 1 is 0.250 bits per heavy atom. The molecule has 0 radical (unpaired) electrons. The first kappa shape index (κ1) is 39.1. The minimum Gasteiger partial charge on any atom is -0.309 e. The minimum absolute atomic E-state index is 0.555. The summed E-state index contributed by atoms with van der Waals surface area (Å²) in [6, 6.07) is 82.1. The van der Waals surface area contributed by atoms with E-state index in [1.807, 2.05) is 60.7 Å². The molecule has 0 saturated carbocycles. The topological polar surface area (TPSA) is 74.3 Å². The van der Waals surface area contributed by atoms with Gasteiger partial charge in [0.15, 0.2) is 17.5 Å². The molecule has 4 heterocycles. The largest absolute Gasteiger partial charge is 0.309 e. The lowest BCUT2D eigenvalue weighted by Gasteiger charge is -2.12. The van der Waals surface area contributed by atoms with Gasteiger partial charge in [-0.1, -0.05) is 182 Å². The Hall–Kier alpha value is -9.33. The van der Waals surface area contributed by atoms with Gasteiger partial charge >= 0.3 is 0 Å². The van der Waals surface area contributed by atoms with Crippen molar-refractivity contribution < 1.29 is 0 Å². The van der Waals surface area contributed by atoms with Crippen molar-refractivity contribution in [2.45, 2.75) is 0 Å². The fourth-order valence-corrected chi connectivity index (χ4v) is 9.61. The van der Waals surface area contributed by atoms with E-state index in [9.17, 15) is 0 Å². The maximum Gasteiger partial charge on any atom is 0.238 e. The molecule has 0 aliphatic heterocycles. The maximum absolute atomic E-state index is 5.27. The summed E-state index contributed by atoms with van der Waals surface area (Å²) in [6.45, 7) is 0. The quantitative estimate of drug-likeness (QED) is 0.152. The van der Waals surface area contributed by atoms with Crippen molar-refractivity contribution in [2.24, 2.45) is 0 Å². The third-order valence-corrected chi connectivity index (χ3v) is 12.8. The van der Waals surface area contributed by atoms with Crippen molar-refractivity contribution in [3.8, 4) is 79.4 Å². The molecule has 0 bridgehead atoms. The zero-order valence-electron chi connectivity index (χ0n) is 36.6. The highest BCUT2D eigenvalue weighted by atomic mass is 15.2. The van der Waals surface area contributed by atoms with Crippen LogP contribution in [0.25, 0.3) is 123 Å². The predicted octanol–water partition coefficient (Wildman–Crippen LogP) is 14.9. The van der Waals surface area contributed by atoms with E-state index in [0.717, 1.165) is 99.6 Å². The molecule has 7 heteroatoms. The number of nitrogens with zero attached hydrogens (tertiary/aromatic N) is 7. The summed E-state index contributed by atoms with van der Waals surface area (Å²) in [5, 5.41) is 4.58. The Morgan fingerprint density at radius 3 is 1.15 bits per heavy atom. The fourth-order valence-electron chi connectivity index (χ4n) is 9.61. The molecule has 13 aromatic rings. The number of rotatable bonds is 8. The molecular weight excluding hydrogens is 831 g/mol. The summed E-state index contributed by atoms with van der Waals surface area (Å²) < 4.78 is 4.57. The van der Waals surface area contributed by atoms with Crippen LogP contribution < -0.4 is 0 Å². The molecule has 0 saturated heterocycles. The van der Waals surface area contributed by atoms with E-state index in [2.05, 4.69) is 185 Å². The molecule has 13 rings (SSSR count). The van der Waals surface area contributed by atoms with Crippen LogP contribution in [0.2, 0.25) is 0 Å². The molecular formula is C61H39N7. The van der Waals surface area contributed by atoms with Gasteiger partial charge in [0, 0.05) is 55.0 Å². The second-order valence-corrected chi connectivity index (χ2v) is 16.9. The van der Waals surface area contributed by atoms with Crippen molar-refractivity contribution in [2.75, 3.05) is 0 Å². The van der Waals surface area contributed by atoms with E-state index >= 15 is 0 Å². The number of hydrogen-bond donors (Lipinski definition) is 0. The molecule has 0 aliphatic rings. The first-order valence-corrected chi connectivity index (χ1v) is 22.8. The lowest BCUT2D eigenvalue weighted by molar-refractivity contribution is 0.953. The number of aromatic nitrogens is 7. The average molecular weight is 870 g/mol. The van der Waals surface area contributed by atoms with Gasteiger partial charge in [0.25, 0.3) is 0 Å². The van der Waals surface area contributed by atoms with Gasteiger partial charge in [0.1, 0.15) is 0 Å². The third kappa shape index (κ3) is 6.72. The van der Waals surface area contributed by atoms with Crippen LogP contribution >= 0.6 is 0 Å². The normalized spacial score (nSPS) is 11.5. The molecule has 0 aliphatic carbocycles. The molecule has 0 N–H and O–H groups in total. The summed E-state index contributed by atoms with van der Waals surface area (Å²) in [6.07, 6.45) is 0. The van der Waals surface area contributed by atoms with Gasteiger partial charge in [0.2, 0.25) is 5.95 Å². The van der Waals surface area contributed by atoms with Crippen molar-refractivity contribution in [1.29, 1.82) is 0 Å². The molecule has 0 amide bonds. The Labute approximate surface area is 392 Å². The Morgan fingerprint density at radius 2 is 0.618 bits per heavy atom. The van der Waals surface area contributed by atoms with Gasteiger partial charge in [-0.25, -0.2) is 15.0 Å². The summed E-state index contributed by atoms with van der Waals surface area (Å²) in [5.74, 6) is 2.45. The summed E-state index contributed by atoms with van der Waals surface area (Å²) in [4.78, 5) is 25.8. The first-order valence-electron chi connectivity index (χ1n) is 22.8. The highest BCUT2D eigenvalue weighted by Crippen LogP contribution is 2.42. The summed E-state index contributed by atoms with van der Waals surface area (Å²) in [7, 11) is 0. The Balaban J connectivity index is 0.972. The molecule has 0 atom stereocenters. The number of benzene rings is 9. The zero-order chi connectivity index (χ0) is 45.0. The van der Waals surface area contributed by atoms with Crippen LogP contribution in [0, 0.1) is 0 Å². The average Bonchev–Trinajstić information content (AvgIpc) is 3.95. The van der Waals surface area contributed by atoms with Crippen LogP contribution in [0.4, 0.5) is 0 Å². The fraction of sp³-hybridized carbons (Fsp3) is 0. The van der Waals surface area contributed by atoms with E-state index < -0.39 is 0 Å². The van der Waals surface area contributed by atoms with Gasteiger partial charge in [-0.05, 0) is 65.7 Å². The molecule has 9 aromatic carbocycles. The SMILES string of the molecule is c1ccc(-c2ccc(-c3nc(-c4ccccc4)nc(-n4c5ccccc5c5c6c7ccccc7n(-c7ccc(-c8nc(-c9ccccc9)cc(-c9ccccc9)n8)cc7)c6ccc54)n3)cc2)cc1. The smallest absolute Gasteiger partial charge is 0.238 e. The molecule has 318 valence electrons. The van der Waals surface area contributed by atoms with Crippen LogP contribution in [0.3, 0.4) is 0 Å². The highest BCUT2D eigenvalue weighted by molar-refractivity contribution is 6.28. The molecule has 68 heavy (non-hydrogen) atoms. The Kier molecular flexibility index (Phi) is 9.35. The number of fused-ring (bicyclic) bond motifs is 7. The van der Waals surface area contributed by atoms with Gasteiger partial charge in [-0.15, -0.1) is 0 Å². The lowest BCUT2D eigenvalue weighted by atomic mass is 10.0. The van der Waals surface area contributed by atoms with E-state index in [-0.39, 0.29) is 0 Å². The van der Waals surface area contributed by atoms with Crippen LogP contribution in [0.1, 0.15) is 0 Å². The molecule has 0 fully saturated rings. The standard InChI is InChI=1S/C61H39N7/c1-5-17-40(18-6-1)41-29-31-45(32-30-41)60-64-59(44-23-11-4-12-24-44)65-61(66-60)68-53-28-16-14-26-49(53)57-55(68)38-37-54-56(57)48-25-13-15-27-52(48)67(54)47-35-33-46(34-36-47)58-62-50(42-19-7-2-8-20-42)39-51(63-58)43-21-9-3-10-22-43/h1-39H. The lowest BCUT2D eigenvalue weighted by Crippen LogP contribution is -2.06. The summed E-state index contributed by atoms with van der Waals surface area (Å²) >= 11 is 0. The summed E-state index contributed by atoms with van der Waals surface area (Å²) in [5.41, 5.74) is 14.2. The van der Waals surface area contributed by atoms with Crippen molar-refractivity contribution in [1.82, 2.24) is 34.1 Å². The number of hydrogen-bond acceptors (Lipinski definition) is 5. The minimum atomic E-state index is 0.555. The molecule has 0 spiro atoms. The van der Waals surface area contributed by atoms with Crippen molar-refractivity contribution in [3.63, 3.8) is 0 Å². The van der Waals surface area contributed by atoms with E-state index in [4.69, 9.17) is 24.9 Å². The highest BCUT2D eigenvalue weighted by Gasteiger charge is 2.23. The molecule has 7 nitrogen and oxygen atoms in total. The van der Waals surface area contributed by atoms with Crippen molar-refractivity contribution in [3.05, 3.63) is 237 Å². The number of para-hydroxylation sites is 2. The maximum atomic E-state index is 5.27. The Bertz CT molecular complexity index is 3920. The molecule has 4 aromatic heterocycles. The van der Waals surface area contributed by atoms with E-state index in [1.54, 1.807) is 0 Å². The zero-order valence-corrected chi connectivity index (χ0v) is 36.6. The van der Waals surface area contributed by atoms with Crippen LogP contribution in [-0.2, 0) is 0 Å². The predicted molar refractivity (Wildman–Crippen MR) is 277 cm³/mol. The third-order valence-electron chi connectivity index (χ3n) is 12.8. The second-order valence-electron chi connectivity index (χ2n) is 16.9. The van der Waals surface area contributed by atoms with Crippen LogP contribution in [0.15, 0.2) is 237 Å². The van der Waals surface area contributed by atoms with Gasteiger partial charge in [0.05, 0.1) is 33.5 Å². The van der Waals surface area contributed by atoms with Gasteiger partial charge < -0.3 is 4.57 Å². The van der Waals surface area contributed by atoms with Crippen LogP contribution in [-0.4, -0.2) is 34.1 Å². The second kappa shape index (κ2) is 16.3. The van der Waals surface area contributed by atoms with Gasteiger partial charge in [-0.3, -0.25) is 4.57 Å². The monoisotopic (exact) mass is 869 g/mol. The molecule has 0 unspecified atom stereocenters. The van der Waals surface area contributed by atoms with Crippen LogP contribution in [0.5, 0.6) is 0 Å². The van der Waals surface area contributed by atoms with Crippen molar-refractivity contribution >= 4 is 43.6 Å². The van der Waals surface area contributed by atoms with Gasteiger partial charge in [-0.2, -0.15) is 9.97 Å². The first-order chi connectivity index (χ1) is 33.7. The van der Waals surface area contributed by atoms with E-state index in [1.165, 1.54) is 0 Å².